The summed E-state index contributed by atoms with van der Waals surface area (Å²) >= 11 is 0. The van der Waals surface area contributed by atoms with Crippen LogP contribution in [0.3, 0.4) is 0 Å². The van der Waals surface area contributed by atoms with Gasteiger partial charge < -0.3 is 4.65 Å². The Kier molecular flexibility index (Phi) is 3.67. The van der Waals surface area contributed by atoms with Crippen molar-refractivity contribution in [2.24, 2.45) is 0 Å². The summed E-state index contributed by atoms with van der Waals surface area (Å²) in [4.78, 5) is 1.23. The number of nitrogens with zero attached hydrogens (tertiary/aromatic N) is 4. The third-order valence-corrected chi connectivity index (χ3v) is 2.69. The average Bonchev–Trinajstić information content (AvgIpc) is 2.76. The van der Waals surface area contributed by atoms with Crippen LogP contribution in [0.4, 0.5) is 0 Å². The molecule has 0 aliphatic heterocycles. The van der Waals surface area contributed by atoms with Gasteiger partial charge in [0.25, 0.3) is 0 Å². The zero-order valence-corrected chi connectivity index (χ0v) is 10.7. The van der Waals surface area contributed by atoms with E-state index in [-0.39, 0.29) is 11.5 Å². The zero-order chi connectivity index (χ0) is 13.8. The van der Waals surface area contributed by atoms with Crippen LogP contribution in [0.15, 0.2) is 30.3 Å². The van der Waals surface area contributed by atoms with Gasteiger partial charge in [0.2, 0.25) is 5.88 Å². The molecule has 0 unspecified atom stereocenters. The van der Waals surface area contributed by atoms with Crippen molar-refractivity contribution in [3.63, 3.8) is 0 Å². The summed E-state index contributed by atoms with van der Waals surface area (Å²) in [6.45, 7) is 3.64. The minimum Gasteiger partial charge on any atom is -0.553 e. The first-order valence-electron chi connectivity index (χ1n) is 5.64. The van der Waals surface area contributed by atoms with Gasteiger partial charge in [0.15, 0.2) is 0 Å². The number of aryl methyl sites for hydroxylation is 2. The van der Waals surface area contributed by atoms with Crippen LogP contribution in [-0.2, 0) is 4.65 Å². The van der Waals surface area contributed by atoms with E-state index in [0.717, 1.165) is 11.4 Å². The van der Waals surface area contributed by atoms with Gasteiger partial charge in [-0.15, -0.1) is 4.80 Å². The van der Waals surface area contributed by atoms with Crippen LogP contribution < -0.4 is 0 Å². The zero-order valence-electron chi connectivity index (χ0n) is 10.7. The lowest BCUT2D eigenvalue weighted by molar-refractivity contribution is 0.488. The normalized spacial score (nSPS) is 11.6. The highest BCUT2D eigenvalue weighted by Crippen LogP contribution is 2.21. The monoisotopic (exact) mass is 250 g/mol. The molecule has 1 aromatic heterocycles. The maximum Gasteiger partial charge on any atom is 0.376 e. The fraction of sp³-hybridized carbons (Fsp3) is 0.154. The number of benzene rings is 1. The van der Waals surface area contributed by atoms with Gasteiger partial charge in [-0.3, -0.25) is 0 Å². The lowest BCUT2D eigenvalue weighted by Gasteiger charge is -2.08. The molecular formula is C13H11BN4O. The molecule has 0 bridgehead atoms. The van der Waals surface area contributed by atoms with Crippen LogP contribution >= 0.6 is 0 Å². The van der Waals surface area contributed by atoms with E-state index in [1.54, 1.807) is 12.1 Å². The fourth-order valence-corrected chi connectivity index (χ4v) is 1.59. The van der Waals surface area contributed by atoms with Crippen molar-refractivity contribution in [3.8, 4) is 6.07 Å². The summed E-state index contributed by atoms with van der Waals surface area (Å²) < 4.78 is 4.81. The largest absolute Gasteiger partial charge is 0.553 e. The van der Waals surface area contributed by atoms with Crippen LogP contribution in [0.1, 0.15) is 17.0 Å². The molecule has 0 amide bonds. The Balaban J connectivity index is 2.60. The first-order valence-corrected chi connectivity index (χ1v) is 5.64. The molecule has 19 heavy (non-hydrogen) atoms. The number of aromatic nitrogens is 3. The van der Waals surface area contributed by atoms with Crippen molar-refractivity contribution in [2.45, 2.75) is 13.8 Å². The fourth-order valence-electron chi connectivity index (χ4n) is 1.59. The molecule has 1 aromatic carbocycles. The van der Waals surface area contributed by atoms with Crippen molar-refractivity contribution in [3.05, 3.63) is 47.3 Å². The first-order chi connectivity index (χ1) is 9.17. The molecule has 2 radical (unpaired) electrons. The minimum absolute atomic E-state index is 0.102. The molecule has 2 aromatic rings. The van der Waals surface area contributed by atoms with E-state index in [1.807, 2.05) is 32.0 Å². The van der Waals surface area contributed by atoms with Crippen LogP contribution in [-0.4, -0.2) is 23.0 Å². The molecule has 6 heteroatoms. The van der Waals surface area contributed by atoms with E-state index in [4.69, 9.17) is 12.7 Å². The maximum absolute atomic E-state index is 9.31. The summed E-state index contributed by atoms with van der Waals surface area (Å²) in [5.41, 5.74) is 2.47. The van der Waals surface area contributed by atoms with Gasteiger partial charge >= 0.3 is 8.05 Å². The van der Waals surface area contributed by atoms with Gasteiger partial charge in [-0.2, -0.15) is 15.5 Å². The van der Waals surface area contributed by atoms with Crippen LogP contribution in [0, 0.1) is 25.2 Å². The minimum atomic E-state index is 0.102. The third-order valence-electron chi connectivity index (χ3n) is 2.69. The van der Waals surface area contributed by atoms with Gasteiger partial charge in [-0.1, -0.05) is 30.3 Å². The third kappa shape index (κ3) is 2.50. The number of nitriles is 1. The molecule has 0 aliphatic carbocycles. The van der Waals surface area contributed by atoms with Gasteiger partial charge in [0.05, 0.1) is 11.4 Å². The smallest absolute Gasteiger partial charge is 0.376 e. The summed E-state index contributed by atoms with van der Waals surface area (Å²) in [5, 5.41) is 17.6. The van der Waals surface area contributed by atoms with E-state index in [0.29, 0.717) is 5.56 Å². The van der Waals surface area contributed by atoms with E-state index in [1.165, 1.54) is 4.80 Å². The van der Waals surface area contributed by atoms with Gasteiger partial charge in [-0.25, -0.2) is 0 Å². The molecule has 1 heterocycles. The van der Waals surface area contributed by atoms with E-state index in [2.05, 4.69) is 16.3 Å². The summed E-state index contributed by atoms with van der Waals surface area (Å²) in [6.07, 6.45) is 0. The van der Waals surface area contributed by atoms with Gasteiger partial charge in [-0.05, 0) is 19.4 Å². The molecule has 92 valence electrons. The second-order valence-corrected chi connectivity index (χ2v) is 3.94. The Morgan fingerprint density at radius 1 is 1.21 bits per heavy atom. The van der Waals surface area contributed by atoms with Crippen molar-refractivity contribution in [1.82, 2.24) is 15.0 Å². The van der Waals surface area contributed by atoms with Crippen molar-refractivity contribution >= 4 is 19.5 Å². The van der Waals surface area contributed by atoms with E-state index < -0.39 is 0 Å². The molecule has 0 spiro atoms. The molecule has 2 rings (SSSR count). The number of allylic oxidation sites excluding steroid dienone is 1. The first kappa shape index (κ1) is 12.9. The van der Waals surface area contributed by atoms with E-state index in [9.17, 15) is 5.26 Å². The second kappa shape index (κ2) is 5.40. The summed E-state index contributed by atoms with van der Waals surface area (Å²) in [5.74, 6) is 0.102. The van der Waals surface area contributed by atoms with Crippen molar-refractivity contribution in [1.29, 1.82) is 5.26 Å². The maximum atomic E-state index is 9.31. The number of hydrogen-bond donors (Lipinski definition) is 0. The average molecular weight is 250 g/mol. The highest BCUT2D eigenvalue weighted by molar-refractivity contribution is 6.03. The Morgan fingerprint density at radius 2 is 1.79 bits per heavy atom. The lowest BCUT2D eigenvalue weighted by Crippen LogP contribution is -2.07. The van der Waals surface area contributed by atoms with E-state index >= 15 is 0 Å². The predicted octanol–water partition coefficient (Wildman–Crippen LogP) is 1.84. The molecule has 0 aliphatic rings. The van der Waals surface area contributed by atoms with Crippen LogP contribution in [0.2, 0.25) is 0 Å². The summed E-state index contributed by atoms with van der Waals surface area (Å²) in [7, 11) is 5.27. The number of rotatable bonds is 3. The number of hydrogen-bond acceptors (Lipinski definition) is 4. The van der Waals surface area contributed by atoms with Gasteiger partial charge in [0, 0.05) is 0 Å². The highest BCUT2D eigenvalue weighted by Gasteiger charge is 2.14. The Labute approximate surface area is 112 Å². The molecule has 5 nitrogen and oxygen atoms in total. The topological polar surface area (TPSA) is 63.7 Å². The standard InChI is InChI=1S/C13H11BN4O/c1-9-10(2)17-18(16-9)13(19-14)12(8-15)11-6-4-3-5-7-11/h3-7H,1-2H3/b13-12-. The Morgan fingerprint density at radius 3 is 2.26 bits per heavy atom. The molecule has 0 fully saturated rings. The van der Waals surface area contributed by atoms with Crippen molar-refractivity contribution < 1.29 is 4.65 Å². The van der Waals surface area contributed by atoms with Crippen molar-refractivity contribution in [2.75, 3.05) is 0 Å². The Bertz CT molecular complexity index is 636. The highest BCUT2D eigenvalue weighted by atomic mass is 16.4. The molecule has 0 atom stereocenters. The SMILES string of the molecule is [B]O/C(=C(/C#N)c1ccccc1)n1nc(C)c(C)n1. The molecular weight excluding hydrogens is 239 g/mol. The second-order valence-electron chi connectivity index (χ2n) is 3.94. The molecule has 0 N–H and O–H groups in total. The molecule has 0 saturated heterocycles. The van der Waals surface area contributed by atoms with Gasteiger partial charge in [0.1, 0.15) is 11.6 Å². The van der Waals surface area contributed by atoms with Crippen LogP contribution in [0.25, 0.3) is 11.5 Å². The summed E-state index contributed by atoms with van der Waals surface area (Å²) in [6, 6.07) is 11.2. The quantitative estimate of drug-likeness (QED) is 0.473. The van der Waals surface area contributed by atoms with Crippen LogP contribution in [0.5, 0.6) is 0 Å². The predicted molar refractivity (Wildman–Crippen MR) is 71.5 cm³/mol. The lowest BCUT2D eigenvalue weighted by atomic mass is 10.1. The molecule has 0 saturated carbocycles. The Hall–Kier alpha value is -2.55.